The van der Waals surface area contributed by atoms with E-state index in [9.17, 15) is 17.2 Å². The van der Waals surface area contributed by atoms with Crippen LogP contribution in [-0.4, -0.2) is 75.7 Å². The third-order valence-corrected chi connectivity index (χ3v) is 6.36. The van der Waals surface area contributed by atoms with Gasteiger partial charge in [0.05, 0.1) is 25.0 Å². The monoisotopic (exact) mass is 452 g/mol. The van der Waals surface area contributed by atoms with Crippen molar-refractivity contribution in [3.63, 3.8) is 0 Å². The largest absolute Gasteiger partial charge is 0.369 e. The van der Waals surface area contributed by atoms with Gasteiger partial charge in [-0.1, -0.05) is 0 Å². The molecule has 0 bridgehead atoms. The first-order valence-electron chi connectivity index (χ1n) is 9.36. The minimum absolute atomic E-state index is 0.174. The van der Waals surface area contributed by atoms with Crippen molar-refractivity contribution in [2.45, 2.75) is 12.0 Å². The van der Waals surface area contributed by atoms with Gasteiger partial charge in [0, 0.05) is 25.7 Å². The van der Waals surface area contributed by atoms with Gasteiger partial charge in [0.15, 0.2) is 5.65 Å². The predicted octanol–water partition coefficient (Wildman–Crippen LogP) is 0.218. The zero-order valence-electron chi connectivity index (χ0n) is 16.1. The van der Waals surface area contributed by atoms with Gasteiger partial charge in [-0.05, 0) is 12.1 Å². The van der Waals surface area contributed by atoms with E-state index in [0.29, 0.717) is 42.5 Å². The number of rotatable bonds is 4. The van der Waals surface area contributed by atoms with Crippen LogP contribution in [0.4, 0.5) is 14.6 Å². The van der Waals surface area contributed by atoms with Crippen molar-refractivity contribution in [1.82, 2.24) is 28.9 Å². The first-order chi connectivity index (χ1) is 14.7. The lowest BCUT2D eigenvalue weighted by Crippen LogP contribution is -2.72. The number of hydrogen-bond donors (Lipinski definition) is 1. The Morgan fingerprint density at radius 1 is 1.16 bits per heavy atom. The van der Waals surface area contributed by atoms with Gasteiger partial charge >= 0.3 is 0 Å². The molecule has 1 spiro atoms. The lowest BCUT2D eigenvalue weighted by molar-refractivity contribution is -0.122. The Morgan fingerprint density at radius 2 is 1.97 bits per heavy atom. The SMILES string of the molecule is NS(=O)(=O)N1CC2(CN(c3cc(-c4cnc5ccc(C(F)F)nn45)ncn3)CCO2)C1. The number of alkyl halides is 2. The van der Waals surface area contributed by atoms with Crippen LogP contribution in [0.3, 0.4) is 0 Å². The van der Waals surface area contributed by atoms with Gasteiger partial charge in [-0.3, -0.25) is 0 Å². The number of nitrogens with two attached hydrogens (primary N) is 1. The highest BCUT2D eigenvalue weighted by atomic mass is 32.2. The molecule has 5 heterocycles. The zero-order valence-corrected chi connectivity index (χ0v) is 16.9. The Hall–Kier alpha value is -2.81. The average Bonchev–Trinajstić information content (AvgIpc) is 3.14. The summed E-state index contributed by atoms with van der Waals surface area (Å²) in [5.74, 6) is 0.599. The number of morpholine rings is 1. The molecule has 2 fully saturated rings. The number of aromatic nitrogens is 5. The Kier molecular flexibility index (Phi) is 4.62. The number of nitrogens with zero attached hydrogens (tertiary/aromatic N) is 7. The molecule has 164 valence electrons. The number of fused-ring (bicyclic) bond motifs is 1. The summed E-state index contributed by atoms with van der Waals surface area (Å²) < 4.78 is 57.4. The normalized spacial score (nSPS) is 19.3. The summed E-state index contributed by atoms with van der Waals surface area (Å²) in [6.45, 7) is 1.72. The van der Waals surface area contributed by atoms with Crippen molar-refractivity contribution in [2.24, 2.45) is 5.14 Å². The molecule has 5 rings (SSSR count). The molecule has 2 aliphatic heterocycles. The third-order valence-electron chi connectivity index (χ3n) is 5.38. The van der Waals surface area contributed by atoms with E-state index in [-0.39, 0.29) is 18.8 Å². The summed E-state index contributed by atoms with van der Waals surface area (Å²) in [6.07, 6.45) is 0.186. The molecule has 0 atom stereocenters. The van der Waals surface area contributed by atoms with E-state index in [4.69, 9.17) is 9.88 Å². The topological polar surface area (TPSA) is 132 Å². The van der Waals surface area contributed by atoms with Crippen LogP contribution in [0.5, 0.6) is 0 Å². The first-order valence-corrected chi connectivity index (χ1v) is 10.9. The summed E-state index contributed by atoms with van der Waals surface area (Å²) in [7, 11) is -3.75. The van der Waals surface area contributed by atoms with E-state index < -0.39 is 22.2 Å². The molecule has 0 saturated carbocycles. The molecule has 14 heteroatoms. The summed E-state index contributed by atoms with van der Waals surface area (Å²) in [5.41, 5.74) is 0.334. The molecule has 3 aromatic heterocycles. The highest BCUT2D eigenvalue weighted by Crippen LogP contribution is 2.32. The van der Waals surface area contributed by atoms with Crippen LogP contribution in [0, 0.1) is 0 Å². The van der Waals surface area contributed by atoms with Gasteiger partial charge in [0.25, 0.3) is 16.6 Å². The Labute approximate surface area is 175 Å². The first kappa shape index (κ1) is 20.1. The minimum atomic E-state index is -3.75. The maximum absolute atomic E-state index is 13.1. The number of hydrogen-bond acceptors (Lipinski definition) is 8. The molecule has 0 amide bonds. The van der Waals surface area contributed by atoms with Crippen molar-refractivity contribution < 1.29 is 21.9 Å². The lowest BCUT2D eigenvalue weighted by Gasteiger charge is -2.52. The summed E-state index contributed by atoms with van der Waals surface area (Å²) in [4.78, 5) is 14.7. The van der Waals surface area contributed by atoms with E-state index in [2.05, 4.69) is 20.1 Å². The van der Waals surface area contributed by atoms with E-state index >= 15 is 0 Å². The summed E-state index contributed by atoms with van der Waals surface area (Å²) >= 11 is 0. The number of imidazole rings is 1. The van der Waals surface area contributed by atoms with Gasteiger partial charge in [0.2, 0.25) is 0 Å². The fourth-order valence-corrected chi connectivity index (χ4v) is 4.68. The second-order valence-electron chi connectivity index (χ2n) is 7.50. The molecule has 0 radical (unpaired) electrons. The average molecular weight is 452 g/mol. The summed E-state index contributed by atoms with van der Waals surface area (Å²) in [5, 5.41) is 9.14. The molecule has 31 heavy (non-hydrogen) atoms. The van der Waals surface area contributed by atoms with Crippen LogP contribution in [0.15, 0.2) is 30.7 Å². The molecule has 3 aromatic rings. The third kappa shape index (κ3) is 3.60. The van der Waals surface area contributed by atoms with E-state index in [0.717, 1.165) is 4.31 Å². The van der Waals surface area contributed by atoms with E-state index in [1.165, 1.54) is 29.2 Å². The fourth-order valence-electron chi connectivity index (χ4n) is 3.85. The molecule has 2 N–H and O–H groups in total. The fraction of sp³-hybridized carbons (Fsp3) is 0.412. The maximum Gasteiger partial charge on any atom is 0.282 e. The quantitative estimate of drug-likeness (QED) is 0.595. The molecule has 2 aliphatic rings. The van der Waals surface area contributed by atoms with Crippen molar-refractivity contribution in [2.75, 3.05) is 37.7 Å². The van der Waals surface area contributed by atoms with Crippen molar-refractivity contribution in [3.8, 4) is 11.4 Å². The lowest BCUT2D eigenvalue weighted by atomic mass is 9.94. The number of halogens is 2. The maximum atomic E-state index is 13.1. The van der Waals surface area contributed by atoms with Gasteiger partial charge in [-0.2, -0.15) is 17.8 Å². The van der Waals surface area contributed by atoms with Crippen LogP contribution in [0.1, 0.15) is 12.1 Å². The standard InChI is InChI=1S/C17H18F2N8O3S/c18-16(19)11-1-2-14-21-6-13(27(14)24-11)12-5-15(23-10-22-12)25-3-4-30-17(7-25)8-26(9-17)31(20,28)29/h1-2,5-6,10,16H,3-4,7-9H2,(H2,20,28,29). The highest BCUT2D eigenvalue weighted by molar-refractivity contribution is 7.86. The van der Waals surface area contributed by atoms with Crippen LogP contribution < -0.4 is 10.0 Å². The second kappa shape index (κ2) is 7.12. The van der Waals surface area contributed by atoms with Crippen LogP contribution in [-0.2, 0) is 14.9 Å². The number of anilines is 1. The van der Waals surface area contributed by atoms with Gasteiger partial charge < -0.3 is 9.64 Å². The summed E-state index contributed by atoms with van der Waals surface area (Å²) in [6, 6.07) is 4.42. The van der Waals surface area contributed by atoms with Crippen molar-refractivity contribution in [1.29, 1.82) is 0 Å². The molecule has 0 aromatic carbocycles. The predicted molar refractivity (Wildman–Crippen MR) is 105 cm³/mol. The molecular formula is C17H18F2N8O3S. The Morgan fingerprint density at radius 3 is 2.71 bits per heavy atom. The molecular weight excluding hydrogens is 434 g/mol. The van der Waals surface area contributed by atoms with Crippen molar-refractivity contribution in [3.05, 3.63) is 36.4 Å². The smallest absolute Gasteiger partial charge is 0.282 e. The molecule has 2 saturated heterocycles. The van der Waals surface area contributed by atoms with Crippen LogP contribution >= 0.6 is 0 Å². The molecule has 0 unspecified atom stereocenters. The van der Waals surface area contributed by atoms with Gasteiger partial charge in [0.1, 0.15) is 29.1 Å². The highest BCUT2D eigenvalue weighted by Gasteiger charge is 2.51. The second-order valence-corrected chi connectivity index (χ2v) is 9.05. The minimum Gasteiger partial charge on any atom is -0.369 e. The van der Waals surface area contributed by atoms with Crippen LogP contribution in [0.2, 0.25) is 0 Å². The number of ether oxygens (including phenoxy) is 1. The van der Waals surface area contributed by atoms with Gasteiger partial charge in [-0.15, -0.1) is 0 Å². The van der Waals surface area contributed by atoms with Gasteiger partial charge in [-0.25, -0.2) is 33.4 Å². The Balaban J connectivity index is 1.42. The van der Waals surface area contributed by atoms with E-state index in [1.54, 1.807) is 6.07 Å². The zero-order chi connectivity index (χ0) is 21.8. The Bertz CT molecular complexity index is 1250. The van der Waals surface area contributed by atoms with Crippen molar-refractivity contribution >= 4 is 21.7 Å². The van der Waals surface area contributed by atoms with E-state index in [1.807, 2.05) is 4.90 Å². The van der Waals surface area contributed by atoms with Crippen LogP contribution in [0.25, 0.3) is 17.0 Å². The molecule has 0 aliphatic carbocycles. The molecule has 11 nitrogen and oxygen atoms in total.